The lowest BCUT2D eigenvalue weighted by atomic mass is 9.95. The highest BCUT2D eigenvalue weighted by Crippen LogP contribution is 2.31. The van der Waals surface area contributed by atoms with Crippen molar-refractivity contribution in [3.05, 3.63) is 34.9 Å². The first-order valence-electron chi connectivity index (χ1n) is 6.87. The van der Waals surface area contributed by atoms with E-state index >= 15 is 0 Å². The van der Waals surface area contributed by atoms with E-state index in [1.165, 1.54) is 0 Å². The zero-order chi connectivity index (χ0) is 13.8. The standard InChI is InChI=1S/C15H21ClN2O.ClH/c1-10(11-5-7-13(16)8-6-11)18-15(19)14-4-2-3-12(14)9-17;/h5-8,10,12,14H,2-4,9,17H2,1H3,(H,18,19);1H/t10?,12-,14-;/m1./s1. The van der Waals surface area contributed by atoms with Gasteiger partial charge in [-0.05, 0) is 49.9 Å². The van der Waals surface area contributed by atoms with Gasteiger partial charge in [-0.2, -0.15) is 0 Å². The molecule has 0 saturated heterocycles. The van der Waals surface area contributed by atoms with Crippen molar-refractivity contribution >= 4 is 29.9 Å². The molecular weight excluding hydrogens is 295 g/mol. The Balaban J connectivity index is 0.00000200. The summed E-state index contributed by atoms with van der Waals surface area (Å²) in [6.07, 6.45) is 3.14. The average molecular weight is 317 g/mol. The lowest BCUT2D eigenvalue weighted by molar-refractivity contribution is -0.126. The minimum atomic E-state index is 0. The summed E-state index contributed by atoms with van der Waals surface area (Å²) < 4.78 is 0. The average Bonchev–Trinajstić information content (AvgIpc) is 2.87. The molecule has 1 aromatic carbocycles. The number of nitrogens with two attached hydrogens (primary N) is 1. The zero-order valence-electron chi connectivity index (χ0n) is 11.6. The van der Waals surface area contributed by atoms with Crippen molar-refractivity contribution in [2.75, 3.05) is 6.54 Å². The largest absolute Gasteiger partial charge is 0.349 e. The van der Waals surface area contributed by atoms with Crippen LogP contribution in [0, 0.1) is 11.8 Å². The van der Waals surface area contributed by atoms with E-state index in [0.717, 1.165) is 24.8 Å². The Morgan fingerprint density at radius 3 is 2.65 bits per heavy atom. The van der Waals surface area contributed by atoms with Gasteiger partial charge >= 0.3 is 0 Å². The predicted molar refractivity (Wildman–Crippen MR) is 85.1 cm³/mol. The van der Waals surface area contributed by atoms with Crippen LogP contribution in [0.2, 0.25) is 5.02 Å². The summed E-state index contributed by atoms with van der Waals surface area (Å²) in [4.78, 5) is 12.3. The van der Waals surface area contributed by atoms with E-state index < -0.39 is 0 Å². The third-order valence-corrected chi connectivity index (χ3v) is 4.28. The predicted octanol–water partition coefficient (Wildman–Crippen LogP) is 3.31. The molecule has 2 rings (SSSR count). The fourth-order valence-electron chi connectivity index (χ4n) is 2.82. The van der Waals surface area contributed by atoms with Crippen molar-refractivity contribution < 1.29 is 4.79 Å². The van der Waals surface area contributed by atoms with Crippen LogP contribution in [0.1, 0.15) is 37.8 Å². The van der Waals surface area contributed by atoms with Gasteiger partial charge < -0.3 is 11.1 Å². The summed E-state index contributed by atoms with van der Waals surface area (Å²) in [5, 5.41) is 3.79. The molecule has 0 aliphatic heterocycles. The van der Waals surface area contributed by atoms with E-state index in [9.17, 15) is 4.79 Å². The van der Waals surface area contributed by atoms with E-state index in [2.05, 4.69) is 5.32 Å². The first kappa shape index (κ1) is 17.3. The number of benzene rings is 1. The molecule has 0 heterocycles. The van der Waals surface area contributed by atoms with Crippen molar-refractivity contribution in [2.45, 2.75) is 32.2 Å². The summed E-state index contributed by atoms with van der Waals surface area (Å²) in [5.41, 5.74) is 6.80. The molecule has 5 heteroatoms. The lowest BCUT2D eigenvalue weighted by Gasteiger charge is -2.21. The van der Waals surface area contributed by atoms with E-state index in [4.69, 9.17) is 17.3 Å². The number of amides is 1. The Kier molecular flexibility index (Phi) is 6.80. The highest BCUT2D eigenvalue weighted by molar-refractivity contribution is 6.30. The van der Waals surface area contributed by atoms with Crippen LogP contribution in [0.25, 0.3) is 0 Å². The fraction of sp³-hybridized carbons (Fsp3) is 0.533. The van der Waals surface area contributed by atoms with Crippen LogP contribution in [-0.4, -0.2) is 12.5 Å². The molecule has 0 aromatic heterocycles. The lowest BCUT2D eigenvalue weighted by Crippen LogP contribution is -2.36. The quantitative estimate of drug-likeness (QED) is 0.895. The van der Waals surface area contributed by atoms with E-state index in [1.54, 1.807) is 0 Å². The van der Waals surface area contributed by atoms with Gasteiger partial charge in [0.05, 0.1) is 6.04 Å². The summed E-state index contributed by atoms with van der Waals surface area (Å²) in [7, 11) is 0. The number of rotatable bonds is 4. The van der Waals surface area contributed by atoms with Crippen LogP contribution < -0.4 is 11.1 Å². The van der Waals surface area contributed by atoms with Gasteiger partial charge in [0.1, 0.15) is 0 Å². The number of carbonyl (C=O) groups is 1. The summed E-state index contributed by atoms with van der Waals surface area (Å²) >= 11 is 5.86. The molecule has 0 bridgehead atoms. The second kappa shape index (κ2) is 7.87. The van der Waals surface area contributed by atoms with Crippen LogP contribution in [0.5, 0.6) is 0 Å². The smallest absolute Gasteiger partial charge is 0.223 e. The second-order valence-electron chi connectivity index (χ2n) is 5.32. The number of carbonyl (C=O) groups excluding carboxylic acids is 1. The minimum absolute atomic E-state index is 0. The maximum absolute atomic E-state index is 12.3. The van der Waals surface area contributed by atoms with Crippen LogP contribution in [0.3, 0.4) is 0 Å². The van der Waals surface area contributed by atoms with Crippen molar-refractivity contribution in [3.8, 4) is 0 Å². The van der Waals surface area contributed by atoms with Gasteiger partial charge in [-0.15, -0.1) is 12.4 Å². The molecule has 0 radical (unpaired) electrons. The molecule has 3 N–H and O–H groups in total. The summed E-state index contributed by atoms with van der Waals surface area (Å²) in [6, 6.07) is 7.59. The van der Waals surface area contributed by atoms with Gasteiger partial charge in [-0.25, -0.2) is 0 Å². The maximum atomic E-state index is 12.3. The Bertz CT molecular complexity index is 436. The van der Waals surface area contributed by atoms with Gasteiger partial charge in [0.2, 0.25) is 5.91 Å². The Morgan fingerprint density at radius 2 is 2.05 bits per heavy atom. The van der Waals surface area contributed by atoms with Crippen LogP contribution in [-0.2, 0) is 4.79 Å². The van der Waals surface area contributed by atoms with Crippen molar-refractivity contribution in [1.29, 1.82) is 0 Å². The Labute approximate surface area is 131 Å². The van der Waals surface area contributed by atoms with Crippen LogP contribution >= 0.6 is 24.0 Å². The summed E-state index contributed by atoms with van der Waals surface area (Å²) in [5.74, 6) is 0.563. The molecule has 1 saturated carbocycles. The molecular formula is C15H22Cl2N2O. The molecule has 1 aliphatic carbocycles. The number of halogens is 2. The van der Waals surface area contributed by atoms with Crippen LogP contribution in [0.15, 0.2) is 24.3 Å². The third-order valence-electron chi connectivity index (χ3n) is 4.03. The van der Waals surface area contributed by atoms with E-state index in [0.29, 0.717) is 17.5 Å². The van der Waals surface area contributed by atoms with Gasteiger partial charge in [0.15, 0.2) is 0 Å². The number of hydrogen-bond acceptors (Lipinski definition) is 2. The van der Waals surface area contributed by atoms with Gasteiger partial charge in [-0.3, -0.25) is 4.79 Å². The molecule has 1 aromatic rings. The van der Waals surface area contributed by atoms with Crippen molar-refractivity contribution in [2.24, 2.45) is 17.6 Å². The molecule has 1 aliphatic rings. The molecule has 3 nitrogen and oxygen atoms in total. The van der Waals surface area contributed by atoms with Crippen LogP contribution in [0.4, 0.5) is 0 Å². The van der Waals surface area contributed by atoms with Crippen molar-refractivity contribution in [3.63, 3.8) is 0 Å². The van der Waals surface area contributed by atoms with E-state index in [-0.39, 0.29) is 30.3 Å². The number of nitrogens with one attached hydrogen (secondary N) is 1. The molecule has 3 atom stereocenters. The van der Waals surface area contributed by atoms with Crippen molar-refractivity contribution in [1.82, 2.24) is 5.32 Å². The van der Waals surface area contributed by atoms with E-state index in [1.807, 2.05) is 31.2 Å². The first-order valence-corrected chi connectivity index (χ1v) is 7.25. The normalized spacial score (nSPS) is 22.9. The molecule has 20 heavy (non-hydrogen) atoms. The minimum Gasteiger partial charge on any atom is -0.349 e. The number of hydrogen-bond donors (Lipinski definition) is 2. The Morgan fingerprint density at radius 1 is 1.40 bits per heavy atom. The summed E-state index contributed by atoms with van der Waals surface area (Å²) in [6.45, 7) is 2.60. The molecule has 1 unspecified atom stereocenters. The van der Waals surface area contributed by atoms with Gasteiger partial charge in [-0.1, -0.05) is 30.2 Å². The highest BCUT2D eigenvalue weighted by Gasteiger charge is 2.32. The monoisotopic (exact) mass is 316 g/mol. The maximum Gasteiger partial charge on any atom is 0.223 e. The second-order valence-corrected chi connectivity index (χ2v) is 5.75. The Hall–Kier alpha value is -0.770. The highest BCUT2D eigenvalue weighted by atomic mass is 35.5. The zero-order valence-corrected chi connectivity index (χ0v) is 13.2. The molecule has 1 amide bonds. The third kappa shape index (κ3) is 4.11. The van der Waals surface area contributed by atoms with Gasteiger partial charge in [0.25, 0.3) is 0 Å². The topological polar surface area (TPSA) is 55.1 Å². The molecule has 112 valence electrons. The molecule has 0 spiro atoms. The molecule has 1 fully saturated rings. The first-order chi connectivity index (χ1) is 9.11. The van der Waals surface area contributed by atoms with Gasteiger partial charge in [0, 0.05) is 10.9 Å². The fourth-order valence-corrected chi connectivity index (χ4v) is 2.95. The SMILES string of the molecule is CC(NC(=O)[C@@H]1CCC[C@@H]1CN)c1ccc(Cl)cc1.Cl.